The van der Waals surface area contributed by atoms with Gasteiger partial charge in [-0.2, -0.15) is 0 Å². The number of hydrogen-bond donors (Lipinski definition) is 1. The monoisotopic (exact) mass is 174 g/mol. The Bertz CT molecular complexity index is 384. The molecule has 1 heterocycles. The van der Waals surface area contributed by atoms with Crippen LogP contribution >= 0.6 is 0 Å². The molecule has 0 aliphatic rings. The number of rotatable bonds is 2. The number of hydrogen-bond acceptors (Lipinski definition) is 3. The average Bonchev–Trinajstić information content (AvgIpc) is 2.61. The lowest BCUT2D eigenvalue weighted by Gasteiger charge is -2.03. The molecule has 2 rings (SSSR count). The van der Waals surface area contributed by atoms with Crippen molar-refractivity contribution >= 4 is 0 Å². The van der Waals surface area contributed by atoms with E-state index in [1.54, 1.807) is 0 Å². The molecule has 0 saturated heterocycles. The smallest absolute Gasteiger partial charge is 0.268 e. The molecule has 0 atom stereocenters. The molecule has 13 heavy (non-hydrogen) atoms. The number of ether oxygens (including phenoxy) is 1. The summed E-state index contributed by atoms with van der Waals surface area (Å²) in [6.45, 7) is 1.97. The summed E-state index contributed by atoms with van der Waals surface area (Å²) in [4.78, 5) is 0. The van der Waals surface area contributed by atoms with Crippen molar-refractivity contribution in [3.05, 3.63) is 36.0 Å². The van der Waals surface area contributed by atoms with Crippen molar-refractivity contribution in [1.29, 1.82) is 0 Å². The SMILES string of the molecule is Cc1ccccc1Oc1[c][nH]nn1. The minimum absolute atomic E-state index is 0.356. The van der Waals surface area contributed by atoms with Crippen LogP contribution in [0, 0.1) is 13.1 Å². The van der Waals surface area contributed by atoms with Crippen molar-refractivity contribution in [3.8, 4) is 11.6 Å². The molecule has 0 saturated carbocycles. The van der Waals surface area contributed by atoms with Crippen LogP contribution < -0.4 is 4.74 Å². The number of para-hydroxylation sites is 1. The zero-order chi connectivity index (χ0) is 9.10. The fourth-order valence-electron chi connectivity index (χ4n) is 0.989. The van der Waals surface area contributed by atoms with E-state index in [1.165, 1.54) is 0 Å². The summed E-state index contributed by atoms with van der Waals surface area (Å²) in [5.41, 5.74) is 1.05. The Kier molecular flexibility index (Phi) is 1.96. The fourth-order valence-corrected chi connectivity index (χ4v) is 0.989. The molecule has 1 N–H and O–H groups in total. The standard InChI is InChI=1S/C9H8N3O/c1-7-4-2-3-5-8(7)13-9-6-10-12-11-9/h2-5H,1H3,(H,10,11,12). The molecule has 0 amide bonds. The first-order valence-electron chi connectivity index (χ1n) is 3.88. The first-order valence-corrected chi connectivity index (χ1v) is 3.88. The van der Waals surface area contributed by atoms with Gasteiger partial charge in [0.05, 0.1) is 0 Å². The molecule has 0 aliphatic heterocycles. The number of aromatic nitrogens is 3. The Labute approximate surface area is 75.6 Å². The average molecular weight is 174 g/mol. The molecule has 0 aliphatic carbocycles. The zero-order valence-electron chi connectivity index (χ0n) is 7.11. The summed E-state index contributed by atoms with van der Waals surface area (Å²) >= 11 is 0. The van der Waals surface area contributed by atoms with E-state index >= 15 is 0 Å². The van der Waals surface area contributed by atoms with Crippen LogP contribution in [0.5, 0.6) is 11.6 Å². The summed E-state index contributed by atoms with van der Waals surface area (Å²) in [6.07, 6.45) is 2.64. The first-order chi connectivity index (χ1) is 6.36. The minimum atomic E-state index is 0.356. The minimum Gasteiger partial charge on any atom is -0.436 e. The van der Waals surface area contributed by atoms with Crippen molar-refractivity contribution in [2.45, 2.75) is 6.92 Å². The highest BCUT2D eigenvalue weighted by Gasteiger charge is 2.01. The van der Waals surface area contributed by atoms with Crippen LogP contribution in [0.2, 0.25) is 0 Å². The van der Waals surface area contributed by atoms with Crippen LogP contribution in [0.15, 0.2) is 24.3 Å². The Morgan fingerprint density at radius 2 is 2.23 bits per heavy atom. The topological polar surface area (TPSA) is 50.8 Å². The third-order valence-corrected chi connectivity index (χ3v) is 1.65. The van der Waals surface area contributed by atoms with Gasteiger partial charge in [-0.15, -0.1) is 0 Å². The van der Waals surface area contributed by atoms with E-state index in [2.05, 4.69) is 21.6 Å². The summed E-state index contributed by atoms with van der Waals surface area (Å²) in [5, 5.41) is 9.62. The van der Waals surface area contributed by atoms with Crippen LogP contribution in [0.4, 0.5) is 0 Å². The van der Waals surface area contributed by atoms with E-state index in [-0.39, 0.29) is 0 Å². The van der Waals surface area contributed by atoms with Gasteiger partial charge >= 0.3 is 0 Å². The molecule has 1 aromatic heterocycles. The number of aromatic amines is 1. The fraction of sp³-hybridized carbons (Fsp3) is 0.111. The highest BCUT2D eigenvalue weighted by molar-refractivity contribution is 5.33. The lowest BCUT2D eigenvalue weighted by molar-refractivity contribution is 0.457. The second kappa shape index (κ2) is 3.26. The maximum absolute atomic E-state index is 5.39. The van der Waals surface area contributed by atoms with E-state index in [0.717, 1.165) is 11.3 Å². The first kappa shape index (κ1) is 7.79. The van der Waals surface area contributed by atoms with Crippen LogP contribution in [-0.2, 0) is 0 Å². The third-order valence-electron chi connectivity index (χ3n) is 1.65. The highest BCUT2D eigenvalue weighted by atomic mass is 16.5. The van der Waals surface area contributed by atoms with Crippen LogP contribution in [0.3, 0.4) is 0 Å². The van der Waals surface area contributed by atoms with Crippen LogP contribution in [0.1, 0.15) is 5.56 Å². The maximum Gasteiger partial charge on any atom is 0.268 e. The largest absolute Gasteiger partial charge is 0.436 e. The summed E-state index contributed by atoms with van der Waals surface area (Å²) in [7, 11) is 0. The number of benzene rings is 1. The van der Waals surface area contributed by atoms with Gasteiger partial charge in [-0.25, -0.2) is 0 Å². The second-order valence-corrected chi connectivity index (χ2v) is 2.61. The number of nitrogens with zero attached hydrogens (tertiary/aromatic N) is 2. The predicted octanol–water partition coefficient (Wildman–Crippen LogP) is 1.71. The highest BCUT2D eigenvalue weighted by Crippen LogP contribution is 2.21. The van der Waals surface area contributed by atoms with Gasteiger partial charge in [-0.3, -0.25) is 5.10 Å². The Morgan fingerprint density at radius 1 is 1.38 bits per heavy atom. The molecule has 4 heteroatoms. The number of nitrogens with one attached hydrogen (secondary N) is 1. The van der Waals surface area contributed by atoms with Crippen molar-refractivity contribution in [2.75, 3.05) is 0 Å². The predicted molar refractivity (Wildman–Crippen MR) is 46.5 cm³/mol. The van der Waals surface area contributed by atoms with Gasteiger partial charge in [0, 0.05) is 0 Å². The number of H-pyrrole nitrogens is 1. The van der Waals surface area contributed by atoms with E-state index in [0.29, 0.717) is 5.88 Å². The van der Waals surface area contributed by atoms with Gasteiger partial charge in [0.25, 0.3) is 5.88 Å². The van der Waals surface area contributed by atoms with Crippen molar-refractivity contribution in [1.82, 2.24) is 15.4 Å². The summed E-state index contributed by atoms with van der Waals surface area (Å²) in [5.74, 6) is 1.13. The lowest BCUT2D eigenvalue weighted by Crippen LogP contribution is -1.86. The van der Waals surface area contributed by atoms with E-state index in [1.807, 2.05) is 31.2 Å². The molecule has 0 unspecified atom stereocenters. The molecule has 2 aromatic rings. The third kappa shape index (κ3) is 1.66. The summed E-state index contributed by atoms with van der Waals surface area (Å²) < 4.78 is 5.39. The van der Waals surface area contributed by atoms with Gasteiger partial charge in [-0.1, -0.05) is 28.5 Å². The van der Waals surface area contributed by atoms with Gasteiger partial charge in [0.2, 0.25) is 0 Å². The lowest BCUT2D eigenvalue weighted by atomic mass is 10.2. The van der Waals surface area contributed by atoms with Gasteiger partial charge < -0.3 is 4.74 Å². The second-order valence-electron chi connectivity index (χ2n) is 2.61. The number of aryl methyl sites for hydroxylation is 1. The van der Waals surface area contributed by atoms with Crippen molar-refractivity contribution in [3.63, 3.8) is 0 Å². The van der Waals surface area contributed by atoms with Crippen molar-refractivity contribution < 1.29 is 4.74 Å². The Balaban J connectivity index is 2.24. The molecular formula is C9H8N3O. The van der Waals surface area contributed by atoms with Gasteiger partial charge in [0.1, 0.15) is 5.75 Å². The quantitative estimate of drug-likeness (QED) is 0.753. The van der Waals surface area contributed by atoms with Crippen molar-refractivity contribution in [2.24, 2.45) is 0 Å². The molecule has 4 nitrogen and oxygen atoms in total. The van der Waals surface area contributed by atoms with E-state index < -0.39 is 0 Å². The normalized spacial score (nSPS) is 9.92. The van der Waals surface area contributed by atoms with Crippen LogP contribution in [0.25, 0.3) is 0 Å². The molecule has 1 radical (unpaired) electrons. The summed E-state index contributed by atoms with van der Waals surface area (Å²) in [6, 6.07) is 7.70. The Morgan fingerprint density at radius 3 is 2.92 bits per heavy atom. The molecule has 65 valence electrons. The van der Waals surface area contributed by atoms with E-state index in [9.17, 15) is 0 Å². The van der Waals surface area contributed by atoms with Gasteiger partial charge in [0.15, 0.2) is 6.20 Å². The molecular weight excluding hydrogens is 166 g/mol. The molecule has 0 bridgehead atoms. The molecule has 1 aromatic carbocycles. The van der Waals surface area contributed by atoms with E-state index in [4.69, 9.17) is 4.74 Å². The zero-order valence-corrected chi connectivity index (χ0v) is 7.11. The van der Waals surface area contributed by atoms with Crippen LogP contribution in [-0.4, -0.2) is 15.4 Å². The molecule has 0 spiro atoms. The molecule has 0 fully saturated rings. The Hall–Kier alpha value is -1.84. The van der Waals surface area contributed by atoms with Gasteiger partial charge in [-0.05, 0) is 18.6 Å². The maximum atomic E-state index is 5.39.